The van der Waals surface area contributed by atoms with Gasteiger partial charge in [0.15, 0.2) is 0 Å². The molecule has 0 aromatic heterocycles. The highest BCUT2D eigenvalue weighted by Crippen LogP contribution is 2.36. The van der Waals surface area contributed by atoms with Crippen LogP contribution in [0.2, 0.25) is 0 Å². The number of benzene rings is 1. The molecule has 0 bridgehead atoms. The molecule has 1 amide bonds. The summed E-state index contributed by atoms with van der Waals surface area (Å²) in [7, 11) is -1.49. The SMILES string of the molecule is COCCOCN(C(=O)OC(C)(C)C)C1=N[C@](C)(c2cc([N+](=O)[O-])ccc2F)CS(=O)(=O)N1C. The normalized spacial score (nSPS) is 20.0. The smallest absolute Gasteiger partial charge is 0.419 e. The molecule has 34 heavy (non-hydrogen) atoms. The van der Waals surface area contributed by atoms with Gasteiger partial charge in [-0.05, 0) is 33.8 Å². The van der Waals surface area contributed by atoms with Gasteiger partial charge in [0.2, 0.25) is 16.0 Å². The number of sulfonamides is 1. The minimum atomic E-state index is -4.14. The number of carbonyl (C=O) groups is 1. The van der Waals surface area contributed by atoms with Crippen LogP contribution in [0.15, 0.2) is 23.2 Å². The lowest BCUT2D eigenvalue weighted by Crippen LogP contribution is -2.56. The molecule has 1 heterocycles. The van der Waals surface area contributed by atoms with Gasteiger partial charge in [0.1, 0.15) is 23.7 Å². The number of methoxy groups -OCH3 is 1. The van der Waals surface area contributed by atoms with Crippen LogP contribution < -0.4 is 0 Å². The summed E-state index contributed by atoms with van der Waals surface area (Å²) in [4.78, 5) is 28.7. The van der Waals surface area contributed by atoms with E-state index in [1.165, 1.54) is 21.1 Å². The predicted molar refractivity (Wildman–Crippen MR) is 120 cm³/mol. The lowest BCUT2D eigenvalue weighted by Gasteiger charge is -2.39. The van der Waals surface area contributed by atoms with E-state index in [1.54, 1.807) is 20.8 Å². The van der Waals surface area contributed by atoms with Gasteiger partial charge in [0.05, 0.1) is 23.9 Å². The highest BCUT2D eigenvalue weighted by atomic mass is 32.2. The zero-order valence-electron chi connectivity index (χ0n) is 19.9. The minimum Gasteiger partial charge on any atom is -0.443 e. The van der Waals surface area contributed by atoms with Gasteiger partial charge in [0, 0.05) is 31.9 Å². The molecule has 1 aromatic rings. The van der Waals surface area contributed by atoms with Crippen LogP contribution in [0.25, 0.3) is 0 Å². The summed E-state index contributed by atoms with van der Waals surface area (Å²) >= 11 is 0. The number of ether oxygens (including phenoxy) is 3. The van der Waals surface area contributed by atoms with E-state index >= 15 is 0 Å². The molecule has 0 N–H and O–H groups in total. The van der Waals surface area contributed by atoms with E-state index in [0.717, 1.165) is 27.4 Å². The second kappa shape index (κ2) is 10.2. The zero-order valence-corrected chi connectivity index (χ0v) is 20.7. The van der Waals surface area contributed by atoms with Crippen molar-refractivity contribution in [1.82, 2.24) is 9.21 Å². The Morgan fingerprint density at radius 3 is 2.56 bits per heavy atom. The number of nitro groups is 1. The van der Waals surface area contributed by atoms with Crippen LogP contribution in [0.5, 0.6) is 0 Å². The largest absolute Gasteiger partial charge is 0.443 e. The number of rotatable bonds is 7. The van der Waals surface area contributed by atoms with Crippen molar-refractivity contribution >= 4 is 27.8 Å². The molecular formula is C20H29FN4O8S. The zero-order chi connectivity index (χ0) is 25.9. The van der Waals surface area contributed by atoms with Crippen LogP contribution in [0.4, 0.5) is 14.9 Å². The van der Waals surface area contributed by atoms with Crippen LogP contribution in [0.3, 0.4) is 0 Å². The van der Waals surface area contributed by atoms with Gasteiger partial charge in [0.25, 0.3) is 5.69 Å². The molecule has 14 heteroatoms. The third-order valence-corrected chi connectivity index (χ3v) is 6.68. The Labute approximate surface area is 197 Å². The number of aliphatic imine (C=N–C) groups is 1. The molecular weight excluding hydrogens is 475 g/mol. The summed E-state index contributed by atoms with van der Waals surface area (Å²) in [6.07, 6.45) is -0.950. The Morgan fingerprint density at radius 2 is 2.00 bits per heavy atom. The second-order valence-electron chi connectivity index (χ2n) is 8.77. The van der Waals surface area contributed by atoms with Crippen molar-refractivity contribution in [2.75, 3.05) is 39.9 Å². The number of non-ortho nitro benzene ring substituents is 1. The Morgan fingerprint density at radius 1 is 1.35 bits per heavy atom. The molecule has 0 radical (unpaired) electrons. The Bertz CT molecular complexity index is 1070. The lowest BCUT2D eigenvalue weighted by molar-refractivity contribution is -0.385. The fourth-order valence-corrected chi connectivity index (χ4v) is 4.63. The average Bonchev–Trinajstić information content (AvgIpc) is 2.69. The number of nitrogens with zero attached hydrogens (tertiary/aromatic N) is 4. The molecule has 2 rings (SSSR count). The highest BCUT2D eigenvalue weighted by molar-refractivity contribution is 7.89. The first-order chi connectivity index (χ1) is 15.6. The molecule has 1 aliphatic heterocycles. The molecule has 1 aromatic carbocycles. The first kappa shape index (κ1) is 27.4. The molecule has 190 valence electrons. The van der Waals surface area contributed by atoms with Crippen LogP contribution in [-0.4, -0.2) is 80.1 Å². The van der Waals surface area contributed by atoms with Gasteiger partial charge in [-0.15, -0.1) is 0 Å². The average molecular weight is 505 g/mol. The number of guanidine groups is 1. The van der Waals surface area contributed by atoms with Crippen LogP contribution in [-0.2, 0) is 29.8 Å². The first-order valence-electron chi connectivity index (χ1n) is 10.2. The van der Waals surface area contributed by atoms with E-state index in [-0.39, 0.29) is 24.7 Å². The van der Waals surface area contributed by atoms with Crippen LogP contribution in [0.1, 0.15) is 33.3 Å². The van der Waals surface area contributed by atoms with E-state index in [4.69, 9.17) is 14.2 Å². The van der Waals surface area contributed by atoms with E-state index in [2.05, 4.69) is 4.99 Å². The predicted octanol–water partition coefficient (Wildman–Crippen LogP) is 2.44. The van der Waals surface area contributed by atoms with Gasteiger partial charge in [-0.2, -0.15) is 0 Å². The first-order valence-corrected chi connectivity index (χ1v) is 11.8. The van der Waals surface area contributed by atoms with Crippen LogP contribution in [0, 0.1) is 15.9 Å². The summed E-state index contributed by atoms with van der Waals surface area (Å²) in [5, 5.41) is 11.2. The van der Waals surface area contributed by atoms with Crippen molar-refractivity contribution in [3.05, 3.63) is 39.7 Å². The standard InChI is InChI=1S/C20H29FN4O8S/c1-19(2,3)33-18(26)24(13-32-10-9-31-6)17-22-20(4,12-34(29,30)23(17)5)15-11-14(25(27)28)7-8-16(15)21/h7-8,11H,9-10,12-13H2,1-6H3/t20-/m0/s1. The number of nitro benzene ring substituents is 1. The summed E-state index contributed by atoms with van der Waals surface area (Å²) < 4.78 is 57.3. The van der Waals surface area contributed by atoms with E-state index < -0.39 is 56.2 Å². The number of carbonyl (C=O) groups excluding carboxylic acids is 1. The number of halogens is 1. The summed E-state index contributed by atoms with van der Waals surface area (Å²) in [6, 6.07) is 2.77. The van der Waals surface area contributed by atoms with Crippen LogP contribution >= 0.6 is 0 Å². The van der Waals surface area contributed by atoms with Crippen molar-refractivity contribution in [2.24, 2.45) is 4.99 Å². The van der Waals surface area contributed by atoms with Crippen molar-refractivity contribution < 1.29 is 36.7 Å². The van der Waals surface area contributed by atoms with E-state index in [1.807, 2.05) is 0 Å². The summed E-state index contributed by atoms with van der Waals surface area (Å²) in [6.45, 7) is 6.04. The molecule has 1 atom stereocenters. The van der Waals surface area contributed by atoms with Gasteiger partial charge < -0.3 is 14.2 Å². The number of amides is 1. The maximum absolute atomic E-state index is 14.8. The van der Waals surface area contributed by atoms with Crippen molar-refractivity contribution in [3.8, 4) is 0 Å². The quantitative estimate of drug-likeness (QED) is 0.239. The van der Waals surface area contributed by atoms with E-state index in [0.29, 0.717) is 0 Å². The van der Waals surface area contributed by atoms with Crippen molar-refractivity contribution in [1.29, 1.82) is 0 Å². The number of hydrogen-bond acceptors (Lipinski definition) is 9. The van der Waals surface area contributed by atoms with E-state index in [9.17, 15) is 27.7 Å². The Kier molecular flexibility index (Phi) is 8.22. The molecule has 0 saturated heterocycles. The fourth-order valence-electron chi connectivity index (χ4n) is 3.11. The molecule has 0 unspecified atom stereocenters. The van der Waals surface area contributed by atoms with Gasteiger partial charge in [-0.25, -0.2) is 31.8 Å². The van der Waals surface area contributed by atoms with Gasteiger partial charge in [-0.3, -0.25) is 10.1 Å². The maximum atomic E-state index is 14.8. The fraction of sp³-hybridized carbons (Fsp3) is 0.600. The maximum Gasteiger partial charge on any atom is 0.419 e. The number of hydrogen-bond donors (Lipinski definition) is 0. The lowest BCUT2D eigenvalue weighted by atomic mass is 9.93. The third kappa shape index (κ3) is 6.39. The second-order valence-corrected chi connectivity index (χ2v) is 10.8. The highest BCUT2D eigenvalue weighted by Gasteiger charge is 2.46. The molecule has 0 fully saturated rings. The Hall–Kier alpha value is -2.84. The molecule has 0 saturated carbocycles. The molecule has 1 aliphatic rings. The van der Waals surface area contributed by atoms with Crippen molar-refractivity contribution in [2.45, 2.75) is 38.8 Å². The third-order valence-electron chi connectivity index (χ3n) is 4.76. The summed E-state index contributed by atoms with van der Waals surface area (Å²) in [5.74, 6) is -1.95. The van der Waals surface area contributed by atoms with Gasteiger partial charge in [-0.1, -0.05) is 0 Å². The molecule has 0 spiro atoms. The minimum absolute atomic E-state index is 0.0797. The molecule has 0 aliphatic carbocycles. The summed E-state index contributed by atoms with van der Waals surface area (Å²) in [5.41, 5.74) is -3.45. The Balaban J connectivity index is 2.64. The molecule has 12 nitrogen and oxygen atoms in total. The monoisotopic (exact) mass is 504 g/mol. The van der Waals surface area contributed by atoms with Crippen molar-refractivity contribution in [3.63, 3.8) is 0 Å². The van der Waals surface area contributed by atoms with Gasteiger partial charge >= 0.3 is 6.09 Å². The topological polar surface area (TPSA) is 141 Å².